The minimum atomic E-state index is -4.07. The third-order valence-electron chi connectivity index (χ3n) is 4.27. The maximum Gasteiger partial charge on any atom is 0.258 e. The number of benzene rings is 1. The van der Waals surface area contributed by atoms with Crippen LogP contribution < -0.4 is 4.74 Å². The molecule has 0 N–H and O–H groups in total. The van der Waals surface area contributed by atoms with E-state index in [1.165, 1.54) is 11.1 Å². The minimum absolute atomic E-state index is 0.0212. The topological polar surface area (TPSA) is 79.8 Å². The van der Waals surface area contributed by atoms with Crippen LogP contribution in [-0.4, -0.2) is 61.8 Å². The molecule has 1 fully saturated rings. The van der Waals surface area contributed by atoms with Gasteiger partial charge >= 0.3 is 0 Å². The number of carbonyl (C=O) groups is 1. The Labute approximate surface area is 161 Å². The van der Waals surface area contributed by atoms with E-state index in [0.29, 0.717) is 12.5 Å². The molecule has 2 aromatic rings. The van der Waals surface area contributed by atoms with E-state index >= 15 is 0 Å². The molecule has 1 aromatic heterocycles. The standard InChI is InChI=1S/C18H19F2N3O4S/c1-22(2)18(24)16-4-3-6-21-17(16)27-14-5-7-23(11-14)28(25,26)15-9-12(19)8-13(20)10-15/h3-4,6,8-10,14H,5,7,11H2,1-2H3. The molecule has 7 nitrogen and oxygen atoms in total. The Morgan fingerprint density at radius 1 is 1.25 bits per heavy atom. The van der Waals surface area contributed by atoms with Crippen LogP contribution in [0.25, 0.3) is 0 Å². The Morgan fingerprint density at radius 3 is 2.57 bits per heavy atom. The lowest BCUT2D eigenvalue weighted by Gasteiger charge is -2.18. The zero-order valence-corrected chi connectivity index (χ0v) is 16.1. The van der Waals surface area contributed by atoms with Gasteiger partial charge in [0.05, 0.1) is 11.4 Å². The van der Waals surface area contributed by atoms with Gasteiger partial charge in [-0.05, 0) is 30.7 Å². The number of halogens is 2. The van der Waals surface area contributed by atoms with Crippen molar-refractivity contribution in [2.24, 2.45) is 0 Å². The highest BCUT2D eigenvalue weighted by Crippen LogP contribution is 2.26. The Hall–Kier alpha value is -2.59. The molecule has 1 saturated heterocycles. The van der Waals surface area contributed by atoms with Crippen LogP contribution in [0.2, 0.25) is 0 Å². The van der Waals surface area contributed by atoms with E-state index in [4.69, 9.17) is 4.74 Å². The molecule has 1 aliphatic heterocycles. The molecule has 28 heavy (non-hydrogen) atoms. The van der Waals surface area contributed by atoms with Crippen molar-refractivity contribution >= 4 is 15.9 Å². The third-order valence-corrected chi connectivity index (χ3v) is 6.11. The number of rotatable bonds is 5. The zero-order valence-electron chi connectivity index (χ0n) is 15.3. The van der Waals surface area contributed by atoms with Gasteiger partial charge in [0, 0.05) is 32.9 Å². The summed E-state index contributed by atoms with van der Waals surface area (Å²) in [7, 11) is -0.874. The Kier molecular flexibility index (Phi) is 5.61. The molecule has 3 rings (SSSR count). The van der Waals surface area contributed by atoms with Crippen LogP contribution in [0.5, 0.6) is 5.88 Å². The second kappa shape index (κ2) is 7.80. The van der Waals surface area contributed by atoms with Crippen LogP contribution in [0, 0.1) is 11.6 Å². The van der Waals surface area contributed by atoms with Gasteiger partial charge in [0.1, 0.15) is 23.3 Å². The third kappa shape index (κ3) is 4.12. The summed E-state index contributed by atoms with van der Waals surface area (Å²) < 4.78 is 59.0. The average Bonchev–Trinajstić information content (AvgIpc) is 3.10. The predicted octanol–water partition coefficient (Wildman–Crippen LogP) is 1.90. The molecule has 0 saturated carbocycles. The Balaban J connectivity index is 1.77. The fourth-order valence-corrected chi connectivity index (χ4v) is 4.41. The molecule has 1 amide bonds. The first kappa shape index (κ1) is 20.2. The second-order valence-corrected chi connectivity index (χ2v) is 8.49. The highest BCUT2D eigenvalue weighted by Gasteiger charge is 2.35. The van der Waals surface area contributed by atoms with Gasteiger partial charge in [0.2, 0.25) is 15.9 Å². The van der Waals surface area contributed by atoms with Crippen molar-refractivity contribution in [2.75, 3.05) is 27.2 Å². The number of hydrogen-bond acceptors (Lipinski definition) is 5. The molecule has 0 aliphatic carbocycles. The van der Waals surface area contributed by atoms with Crippen LogP contribution in [0.3, 0.4) is 0 Å². The number of nitrogens with zero attached hydrogens (tertiary/aromatic N) is 3. The van der Waals surface area contributed by atoms with Crippen LogP contribution in [-0.2, 0) is 10.0 Å². The Morgan fingerprint density at radius 2 is 1.93 bits per heavy atom. The number of pyridine rings is 1. The maximum absolute atomic E-state index is 13.4. The second-order valence-electron chi connectivity index (χ2n) is 6.55. The summed E-state index contributed by atoms with van der Waals surface area (Å²) in [6.45, 7) is 0.0988. The maximum atomic E-state index is 13.4. The molecule has 1 unspecified atom stereocenters. The van der Waals surface area contributed by atoms with Crippen molar-refractivity contribution in [3.05, 3.63) is 53.7 Å². The summed E-state index contributed by atoms with van der Waals surface area (Å²) >= 11 is 0. The molecule has 150 valence electrons. The van der Waals surface area contributed by atoms with E-state index in [2.05, 4.69) is 4.98 Å². The smallest absolute Gasteiger partial charge is 0.258 e. The molecular formula is C18H19F2N3O4S. The predicted molar refractivity (Wildman–Crippen MR) is 96.4 cm³/mol. The van der Waals surface area contributed by atoms with Gasteiger partial charge < -0.3 is 9.64 Å². The number of aromatic nitrogens is 1. The van der Waals surface area contributed by atoms with E-state index in [1.54, 1.807) is 26.2 Å². The zero-order chi connectivity index (χ0) is 20.5. The molecular weight excluding hydrogens is 392 g/mol. The van der Waals surface area contributed by atoms with E-state index in [1.807, 2.05) is 0 Å². The lowest BCUT2D eigenvalue weighted by molar-refractivity contribution is 0.0818. The largest absolute Gasteiger partial charge is 0.472 e. The quantitative estimate of drug-likeness (QED) is 0.751. The van der Waals surface area contributed by atoms with E-state index < -0.39 is 32.7 Å². The van der Waals surface area contributed by atoms with Gasteiger partial charge in [0.15, 0.2) is 0 Å². The fraction of sp³-hybridized carbons (Fsp3) is 0.333. The lowest BCUT2D eigenvalue weighted by atomic mass is 10.2. The monoisotopic (exact) mass is 411 g/mol. The molecule has 0 spiro atoms. The molecule has 10 heteroatoms. The summed E-state index contributed by atoms with van der Waals surface area (Å²) in [6.07, 6.45) is 1.28. The normalized spacial score (nSPS) is 17.5. The summed E-state index contributed by atoms with van der Waals surface area (Å²) in [5.74, 6) is -2.11. The number of carbonyl (C=O) groups excluding carboxylic acids is 1. The number of hydrogen-bond donors (Lipinski definition) is 0. The SMILES string of the molecule is CN(C)C(=O)c1cccnc1OC1CCN(S(=O)(=O)c2cc(F)cc(F)c2)C1. The molecule has 1 atom stereocenters. The summed E-state index contributed by atoms with van der Waals surface area (Å²) in [5.41, 5.74) is 0.265. The number of amides is 1. The van der Waals surface area contributed by atoms with E-state index in [0.717, 1.165) is 16.4 Å². The number of sulfonamides is 1. The van der Waals surface area contributed by atoms with Crippen LogP contribution in [0.4, 0.5) is 8.78 Å². The molecule has 2 heterocycles. The van der Waals surface area contributed by atoms with Crippen molar-refractivity contribution in [3.8, 4) is 5.88 Å². The molecule has 0 radical (unpaired) electrons. The summed E-state index contributed by atoms with van der Waals surface area (Å²) in [4.78, 5) is 17.2. The van der Waals surface area contributed by atoms with E-state index in [9.17, 15) is 22.0 Å². The number of ether oxygens (including phenoxy) is 1. The van der Waals surface area contributed by atoms with Crippen molar-refractivity contribution in [1.29, 1.82) is 0 Å². The first-order valence-corrected chi connectivity index (χ1v) is 9.92. The van der Waals surface area contributed by atoms with Gasteiger partial charge in [-0.15, -0.1) is 0 Å². The van der Waals surface area contributed by atoms with Crippen LogP contribution >= 0.6 is 0 Å². The van der Waals surface area contributed by atoms with Crippen molar-refractivity contribution in [2.45, 2.75) is 17.4 Å². The first-order valence-electron chi connectivity index (χ1n) is 8.48. The Bertz CT molecular complexity index is 978. The van der Waals surface area contributed by atoms with Crippen LogP contribution in [0.1, 0.15) is 16.8 Å². The molecule has 1 aliphatic rings. The summed E-state index contributed by atoms with van der Waals surface area (Å²) in [5, 5.41) is 0. The fourth-order valence-electron chi connectivity index (χ4n) is 2.88. The van der Waals surface area contributed by atoms with E-state index in [-0.39, 0.29) is 30.4 Å². The van der Waals surface area contributed by atoms with Gasteiger partial charge in [-0.2, -0.15) is 4.31 Å². The molecule has 0 bridgehead atoms. The highest BCUT2D eigenvalue weighted by molar-refractivity contribution is 7.89. The lowest BCUT2D eigenvalue weighted by Crippen LogP contribution is -2.31. The molecule has 1 aromatic carbocycles. The highest BCUT2D eigenvalue weighted by atomic mass is 32.2. The van der Waals surface area contributed by atoms with Gasteiger partial charge in [0.25, 0.3) is 5.91 Å². The first-order chi connectivity index (χ1) is 13.2. The summed E-state index contributed by atoms with van der Waals surface area (Å²) in [6, 6.07) is 5.34. The van der Waals surface area contributed by atoms with Crippen molar-refractivity contribution in [1.82, 2.24) is 14.2 Å². The van der Waals surface area contributed by atoms with Crippen molar-refractivity contribution < 1.29 is 26.7 Å². The van der Waals surface area contributed by atoms with Gasteiger partial charge in [-0.1, -0.05) is 0 Å². The minimum Gasteiger partial charge on any atom is -0.472 e. The van der Waals surface area contributed by atoms with Crippen LogP contribution in [0.15, 0.2) is 41.4 Å². The van der Waals surface area contributed by atoms with Crippen molar-refractivity contribution in [3.63, 3.8) is 0 Å². The average molecular weight is 411 g/mol. The van der Waals surface area contributed by atoms with Gasteiger partial charge in [-0.25, -0.2) is 22.2 Å². The van der Waals surface area contributed by atoms with Gasteiger partial charge in [-0.3, -0.25) is 4.79 Å².